The Morgan fingerprint density at radius 3 is 2.22 bits per heavy atom. The number of anilines is 1. The highest BCUT2D eigenvalue weighted by Crippen LogP contribution is 2.45. The molecule has 0 aliphatic carbocycles. The van der Waals surface area contributed by atoms with E-state index in [1.165, 1.54) is 4.90 Å². The van der Waals surface area contributed by atoms with Crippen LogP contribution in [0.4, 0.5) is 5.69 Å². The molecule has 0 saturated heterocycles. The van der Waals surface area contributed by atoms with Crippen LogP contribution in [0.5, 0.6) is 0 Å². The molecule has 1 aliphatic heterocycles. The Labute approximate surface area is 193 Å². The van der Waals surface area contributed by atoms with E-state index in [4.69, 9.17) is 11.6 Å². The van der Waals surface area contributed by atoms with Gasteiger partial charge in [-0.3, -0.25) is 9.59 Å². The summed E-state index contributed by atoms with van der Waals surface area (Å²) in [7, 11) is 0. The maximum absolute atomic E-state index is 13.6. The molecule has 3 aromatic rings. The second-order valence-electron chi connectivity index (χ2n) is 8.63. The summed E-state index contributed by atoms with van der Waals surface area (Å²) in [6, 6.07) is 16.6. The quantitative estimate of drug-likeness (QED) is 0.519. The number of benzene rings is 3. The smallest absolute Gasteiger partial charge is 0.264 e. The molecular weight excluding hydrogens is 422 g/mol. The van der Waals surface area contributed by atoms with E-state index in [2.05, 4.69) is 0 Å². The SMILES string of the molecule is Cc1cc(C)c(C)c(C(=O)C[C@]2(O)C(=O)N(Cc3ccccc3)c3ccc(Cl)cc32)c1C. The lowest BCUT2D eigenvalue weighted by molar-refractivity contribution is -0.136. The van der Waals surface area contributed by atoms with Crippen LogP contribution in [0, 0.1) is 27.7 Å². The summed E-state index contributed by atoms with van der Waals surface area (Å²) in [4.78, 5) is 28.6. The van der Waals surface area contributed by atoms with Crippen LogP contribution in [0.25, 0.3) is 0 Å². The van der Waals surface area contributed by atoms with Gasteiger partial charge in [-0.15, -0.1) is 0 Å². The van der Waals surface area contributed by atoms with Gasteiger partial charge in [-0.2, -0.15) is 0 Å². The maximum Gasteiger partial charge on any atom is 0.264 e. The number of nitrogens with zero attached hydrogens (tertiary/aromatic N) is 1. The molecule has 164 valence electrons. The zero-order chi connectivity index (χ0) is 23.2. The fraction of sp³-hybridized carbons (Fsp3) is 0.259. The number of carbonyl (C=O) groups excluding carboxylic acids is 2. The van der Waals surface area contributed by atoms with Crippen LogP contribution in [-0.2, 0) is 16.9 Å². The van der Waals surface area contributed by atoms with Crippen molar-refractivity contribution in [3.05, 3.63) is 98.6 Å². The standard InChI is InChI=1S/C27H26ClNO3/c1-16-12-17(2)19(4)25(18(16)3)24(30)14-27(32)22-13-21(28)10-11-23(22)29(26(27)31)15-20-8-6-5-7-9-20/h5-13,32H,14-15H2,1-4H3/t27-/m1/s1. The number of ketones is 1. The molecule has 1 aliphatic rings. The molecule has 4 nitrogen and oxygen atoms in total. The van der Waals surface area contributed by atoms with Crippen LogP contribution < -0.4 is 4.90 Å². The monoisotopic (exact) mass is 447 g/mol. The van der Waals surface area contributed by atoms with Crippen molar-refractivity contribution < 1.29 is 14.7 Å². The van der Waals surface area contributed by atoms with Gasteiger partial charge in [0.2, 0.25) is 0 Å². The van der Waals surface area contributed by atoms with Gasteiger partial charge < -0.3 is 10.0 Å². The minimum Gasteiger partial charge on any atom is -0.375 e. The van der Waals surface area contributed by atoms with Gasteiger partial charge in [0.1, 0.15) is 0 Å². The zero-order valence-electron chi connectivity index (χ0n) is 18.7. The Morgan fingerprint density at radius 2 is 1.59 bits per heavy atom. The number of aliphatic hydroxyl groups is 1. The molecule has 0 spiro atoms. The Balaban J connectivity index is 1.77. The normalized spacial score (nSPS) is 17.6. The molecule has 1 atom stereocenters. The summed E-state index contributed by atoms with van der Waals surface area (Å²) in [6.07, 6.45) is -0.338. The lowest BCUT2D eigenvalue weighted by Crippen LogP contribution is -2.41. The average molecular weight is 448 g/mol. The van der Waals surface area contributed by atoms with Crippen LogP contribution in [0.1, 0.15) is 50.2 Å². The molecule has 1 heterocycles. The van der Waals surface area contributed by atoms with Crippen LogP contribution in [0.2, 0.25) is 5.02 Å². The first-order valence-corrected chi connectivity index (χ1v) is 11.0. The molecule has 32 heavy (non-hydrogen) atoms. The Bertz CT molecular complexity index is 1210. The highest BCUT2D eigenvalue weighted by molar-refractivity contribution is 6.31. The summed E-state index contributed by atoms with van der Waals surface area (Å²) < 4.78 is 0. The van der Waals surface area contributed by atoms with Crippen molar-refractivity contribution in [3.63, 3.8) is 0 Å². The number of aryl methyl sites for hydroxylation is 2. The fourth-order valence-electron chi connectivity index (χ4n) is 4.57. The number of hydrogen-bond donors (Lipinski definition) is 1. The first-order valence-electron chi connectivity index (χ1n) is 10.6. The van der Waals surface area contributed by atoms with E-state index in [9.17, 15) is 14.7 Å². The number of hydrogen-bond acceptors (Lipinski definition) is 3. The van der Waals surface area contributed by atoms with Crippen LogP contribution in [-0.4, -0.2) is 16.8 Å². The predicted molar refractivity (Wildman–Crippen MR) is 127 cm³/mol. The third-order valence-corrected chi connectivity index (χ3v) is 6.77. The van der Waals surface area contributed by atoms with E-state index in [0.29, 0.717) is 28.4 Å². The van der Waals surface area contributed by atoms with E-state index in [0.717, 1.165) is 27.8 Å². The topological polar surface area (TPSA) is 57.6 Å². The van der Waals surface area contributed by atoms with Crippen molar-refractivity contribution in [3.8, 4) is 0 Å². The minimum atomic E-state index is -1.97. The highest BCUT2D eigenvalue weighted by Gasteiger charge is 2.51. The molecule has 1 amide bonds. The van der Waals surface area contributed by atoms with Crippen molar-refractivity contribution in [1.82, 2.24) is 0 Å². The number of carbonyl (C=O) groups is 2. The highest BCUT2D eigenvalue weighted by atomic mass is 35.5. The van der Waals surface area contributed by atoms with E-state index in [1.807, 2.05) is 64.1 Å². The van der Waals surface area contributed by atoms with E-state index < -0.39 is 11.5 Å². The molecule has 0 radical (unpaired) electrons. The third kappa shape index (κ3) is 3.64. The van der Waals surface area contributed by atoms with Crippen molar-refractivity contribution in [1.29, 1.82) is 0 Å². The lowest BCUT2D eigenvalue weighted by Gasteiger charge is -2.24. The molecule has 5 heteroatoms. The minimum absolute atomic E-state index is 0.255. The first-order chi connectivity index (χ1) is 15.1. The lowest BCUT2D eigenvalue weighted by atomic mass is 9.84. The molecule has 1 N–H and O–H groups in total. The van der Waals surface area contributed by atoms with Crippen LogP contribution >= 0.6 is 11.6 Å². The second kappa shape index (κ2) is 8.19. The average Bonchev–Trinajstić information content (AvgIpc) is 2.94. The van der Waals surface area contributed by atoms with Gasteiger partial charge in [-0.05, 0) is 73.7 Å². The summed E-state index contributed by atoms with van der Waals surface area (Å²) in [6.45, 7) is 8.03. The Kier molecular flexibility index (Phi) is 5.70. The van der Waals surface area contributed by atoms with Crippen molar-refractivity contribution in [2.75, 3.05) is 4.90 Å². The molecular formula is C27H26ClNO3. The Morgan fingerprint density at radius 1 is 0.969 bits per heavy atom. The number of amides is 1. The summed E-state index contributed by atoms with van der Waals surface area (Å²) in [5.74, 6) is -0.762. The van der Waals surface area contributed by atoms with Gasteiger partial charge in [0, 0.05) is 16.1 Å². The third-order valence-electron chi connectivity index (χ3n) is 6.54. The van der Waals surface area contributed by atoms with Gasteiger partial charge in [0.05, 0.1) is 18.7 Å². The molecule has 0 bridgehead atoms. The number of halogens is 1. The second-order valence-corrected chi connectivity index (χ2v) is 9.07. The summed E-state index contributed by atoms with van der Waals surface area (Å²) in [5.41, 5.74) is 4.26. The summed E-state index contributed by atoms with van der Waals surface area (Å²) >= 11 is 6.23. The number of fused-ring (bicyclic) bond motifs is 1. The summed E-state index contributed by atoms with van der Waals surface area (Å²) in [5, 5.41) is 12.1. The van der Waals surface area contributed by atoms with E-state index in [1.54, 1.807) is 18.2 Å². The van der Waals surface area contributed by atoms with Crippen molar-refractivity contribution in [2.45, 2.75) is 46.3 Å². The molecule has 3 aromatic carbocycles. The van der Waals surface area contributed by atoms with Gasteiger partial charge in [0.15, 0.2) is 11.4 Å². The molecule has 0 aromatic heterocycles. The fourth-order valence-corrected chi connectivity index (χ4v) is 4.74. The van der Waals surface area contributed by atoms with Gasteiger partial charge in [0.25, 0.3) is 5.91 Å². The van der Waals surface area contributed by atoms with Gasteiger partial charge in [-0.1, -0.05) is 48.0 Å². The van der Waals surface area contributed by atoms with Crippen LogP contribution in [0.15, 0.2) is 54.6 Å². The molecule has 0 unspecified atom stereocenters. The molecule has 0 saturated carbocycles. The van der Waals surface area contributed by atoms with E-state index in [-0.39, 0.29) is 12.2 Å². The van der Waals surface area contributed by atoms with Crippen molar-refractivity contribution >= 4 is 29.0 Å². The zero-order valence-corrected chi connectivity index (χ0v) is 19.5. The largest absolute Gasteiger partial charge is 0.375 e. The predicted octanol–water partition coefficient (Wildman–Crippen LogP) is 5.58. The van der Waals surface area contributed by atoms with Gasteiger partial charge >= 0.3 is 0 Å². The van der Waals surface area contributed by atoms with Crippen LogP contribution in [0.3, 0.4) is 0 Å². The molecule has 4 rings (SSSR count). The Hall–Kier alpha value is -2.95. The first kappa shape index (κ1) is 22.3. The maximum atomic E-state index is 13.6. The number of Topliss-reactive ketones (excluding diaryl/α,β-unsaturated/α-hetero) is 1. The van der Waals surface area contributed by atoms with Crippen molar-refractivity contribution in [2.24, 2.45) is 0 Å². The van der Waals surface area contributed by atoms with Gasteiger partial charge in [-0.25, -0.2) is 0 Å². The van der Waals surface area contributed by atoms with E-state index >= 15 is 0 Å². The molecule has 0 fully saturated rings. The number of rotatable bonds is 5.